The molecule has 1 fully saturated rings. The molecule has 7 heteroatoms. The minimum atomic E-state index is -0.209. The van der Waals surface area contributed by atoms with Gasteiger partial charge < -0.3 is 19.5 Å². The number of aromatic nitrogens is 3. The summed E-state index contributed by atoms with van der Waals surface area (Å²) in [5.41, 5.74) is 2.83. The Labute approximate surface area is 150 Å². The van der Waals surface area contributed by atoms with Gasteiger partial charge in [0.2, 0.25) is 0 Å². The first-order valence-corrected chi connectivity index (χ1v) is 8.95. The molecule has 26 heavy (non-hydrogen) atoms. The molecule has 0 spiro atoms. The Morgan fingerprint density at radius 2 is 1.85 bits per heavy atom. The van der Waals surface area contributed by atoms with Crippen LogP contribution in [0.3, 0.4) is 0 Å². The third-order valence-corrected chi connectivity index (χ3v) is 5.01. The molecular formula is C19H20N4O3. The lowest BCUT2D eigenvalue weighted by Gasteiger charge is -2.30. The second kappa shape index (κ2) is 6.17. The Balaban J connectivity index is 1.55. The average molecular weight is 352 g/mol. The molecule has 134 valence electrons. The van der Waals surface area contributed by atoms with Crippen molar-refractivity contribution in [2.24, 2.45) is 0 Å². The van der Waals surface area contributed by atoms with Crippen molar-refractivity contribution < 1.29 is 14.6 Å². The van der Waals surface area contributed by atoms with Gasteiger partial charge in [-0.25, -0.2) is 9.97 Å². The molecule has 0 radical (unpaired) electrons. The predicted molar refractivity (Wildman–Crippen MR) is 96.9 cm³/mol. The molecule has 2 aliphatic rings. The van der Waals surface area contributed by atoms with Gasteiger partial charge in [-0.2, -0.15) is 0 Å². The summed E-state index contributed by atoms with van der Waals surface area (Å²) < 4.78 is 13.4. The van der Waals surface area contributed by atoms with Gasteiger partial charge in [0.05, 0.1) is 18.0 Å². The van der Waals surface area contributed by atoms with Crippen LogP contribution in [0.4, 0.5) is 5.82 Å². The van der Waals surface area contributed by atoms with Crippen molar-refractivity contribution in [2.45, 2.75) is 18.9 Å². The van der Waals surface area contributed by atoms with Crippen LogP contribution in [0.5, 0.6) is 11.5 Å². The van der Waals surface area contributed by atoms with Crippen molar-refractivity contribution in [1.29, 1.82) is 0 Å². The highest BCUT2D eigenvalue weighted by Gasteiger charge is 2.22. The number of hydrogen-bond acceptors (Lipinski definition) is 6. The second-order valence-corrected chi connectivity index (χ2v) is 6.66. The van der Waals surface area contributed by atoms with E-state index < -0.39 is 0 Å². The van der Waals surface area contributed by atoms with Crippen LogP contribution in [0.2, 0.25) is 0 Å². The van der Waals surface area contributed by atoms with E-state index in [2.05, 4.69) is 19.3 Å². The number of nitrogens with zero attached hydrogens (tertiary/aromatic N) is 4. The van der Waals surface area contributed by atoms with Crippen molar-refractivity contribution in [3.05, 3.63) is 36.8 Å². The van der Waals surface area contributed by atoms with E-state index in [1.54, 1.807) is 6.20 Å². The van der Waals surface area contributed by atoms with E-state index in [0.717, 1.165) is 60.2 Å². The molecule has 0 aliphatic carbocycles. The fraction of sp³-hybridized carbons (Fsp3) is 0.368. The van der Waals surface area contributed by atoms with Crippen molar-refractivity contribution in [1.82, 2.24) is 14.4 Å². The fourth-order valence-corrected chi connectivity index (χ4v) is 3.62. The van der Waals surface area contributed by atoms with Crippen LogP contribution in [-0.4, -0.2) is 51.9 Å². The topological polar surface area (TPSA) is 72.1 Å². The van der Waals surface area contributed by atoms with Gasteiger partial charge in [-0.15, -0.1) is 0 Å². The maximum Gasteiger partial charge on any atom is 0.180 e. The highest BCUT2D eigenvalue weighted by atomic mass is 16.6. The van der Waals surface area contributed by atoms with E-state index in [9.17, 15) is 5.11 Å². The zero-order chi connectivity index (χ0) is 17.5. The molecule has 0 amide bonds. The van der Waals surface area contributed by atoms with Crippen molar-refractivity contribution in [2.75, 3.05) is 31.2 Å². The minimum Gasteiger partial charge on any atom is -0.486 e. The standard InChI is InChI=1S/C19H20N4O3/c24-14-3-6-22(7-4-14)18-19-21-12-15(23(19)8-5-20-18)13-1-2-16-17(11-13)26-10-9-25-16/h1-2,5,8,11-12,14,24H,3-4,6-7,9-10H2. The monoisotopic (exact) mass is 352 g/mol. The molecule has 1 saturated heterocycles. The van der Waals surface area contributed by atoms with E-state index in [1.165, 1.54) is 0 Å². The zero-order valence-corrected chi connectivity index (χ0v) is 14.3. The van der Waals surface area contributed by atoms with Crippen LogP contribution in [0.1, 0.15) is 12.8 Å². The van der Waals surface area contributed by atoms with Crippen LogP contribution in [-0.2, 0) is 0 Å². The van der Waals surface area contributed by atoms with Gasteiger partial charge in [-0.3, -0.25) is 4.40 Å². The quantitative estimate of drug-likeness (QED) is 0.762. The van der Waals surface area contributed by atoms with Crippen LogP contribution in [0, 0.1) is 0 Å². The van der Waals surface area contributed by atoms with Gasteiger partial charge >= 0.3 is 0 Å². The van der Waals surface area contributed by atoms with Crippen LogP contribution < -0.4 is 14.4 Å². The first-order chi connectivity index (χ1) is 12.8. The maximum absolute atomic E-state index is 9.75. The van der Waals surface area contributed by atoms with E-state index in [1.807, 2.05) is 30.6 Å². The molecule has 2 aliphatic heterocycles. The van der Waals surface area contributed by atoms with Crippen LogP contribution in [0.25, 0.3) is 16.9 Å². The second-order valence-electron chi connectivity index (χ2n) is 6.66. The number of aliphatic hydroxyl groups is 1. The molecule has 3 aromatic rings. The molecule has 0 atom stereocenters. The van der Waals surface area contributed by atoms with Crippen molar-refractivity contribution >= 4 is 11.5 Å². The lowest BCUT2D eigenvalue weighted by Crippen LogP contribution is -2.36. The largest absolute Gasteiger partial charge is 0.486 e. The SMILES string of the molecule is OC1CCN(c2nccn3c(-c4ccc5c(c4)OCCO5)cnc23)CC1. The first kappa shape index (κ1) is 15.5. The van der Waals surface area contributed by atoms with E-state index in [-0.39, 0.29) is 6.10 Å². The predicted octanol–water partition coefficient (Wildman–Crippen LogP) is 2.13. The first-order valence-electron chi connectivity index (χ1n) is 8.95. The molecule has 7 nitrogen and oxygen atoms in total. The molecule has 0 bridgehead atoms. The number of benzene rings is 1. The average Bonchev–Trinajstić information content (AvgIpc) is 3.12. The Morgan fingerprint density at radius 1 is 1.04 bits per heavy atom. The molecule has 1 aromatic carbocycles. The van der Waals surface area contributed by atoms with Gasteiger partial charge in [0.15, 0.2) is 23.0 Å². The summed E-state index contributed by atoms with van der Waals surface area (Å²) in [6.07, 6.45) is 6.91. The van der Waals surface area contributed by atoms with Crippen molar-refractivity contribution in [3.63, 3.8) is 0 Å². The summed E-state index contributed by atoms with van der Waals surface area (Å²) in [6, 6.07) is 5.96. The number of rotatable bonds is 2. The smallest absolute Gasteiger partial charge is 0.180 e. The summed E-state index contributed by atoms with van der Waals surface area (Å²) in [5, 5.41) is 9.75. The highest BCUT2D eigenvalue weighted by molar-refractivity contribution is 5.72. The van der Waals surface area contributed by atoms with E-state index in [4.69, 9.17) is 9.47 Å². The van der Waals surface area contributed by atoms with E-state index in [0.29, 0.717) is 13.2 Å². The number of fused-ring (bicyclic) bond motifs is 2. The number of imidazole rings is 1. The van der Waals surface area contributed by atoms with Gasteiger partial charge in [-0.05, 0) is 31.0 Å². The maximum atomic E-state index is 9.75. The van der Waals surface area contributed by atoms with Crippen molar-refractivity contribution in [3.8, 4) is 22.8 Å². The lowest BCUT2D eigenvalue weighted by molar-refractivity contribution is 0.145. The lowest BCUT2D eigenvalue weighted by atomic mass is 10.1. The summed E-state index contributed by atoms with van der Waals surface area (Å²) in [4.78, 5) is 11.4. The Hall–Kier alpha value is -2.80. The number of ether oxygens (including phenoxy) is 2. The van der Waals surface area contributed by atoms with E-state index >= 15 is 0 Å². The fourth-order valence-electron chi connectivity index (χ4n) is 3.62. The molecule has 5 rings (SSSR count). The number of aliphatic hydroxyl groups excluding tert-OH is 1. The summed E-state index contributed by atoms with van der Waals surface area (Å²) in [6.45, 7) is 2.74. The number of anilines is 1. The highest BCUT2D eigenvalue weighted by Crippen LogP contribution is 2.35. The molecule has 0 saturated carbocycles. The van der Waals surface area contributed by atoms with Gasteiger partial charge in [0.1, 0.15) is 13.2 Å². The van der Waals surface area contributed by atoms with Crippen LogP contribution >= 0.6 is 0 Å². The third kappa shape index (κ3) is 2.55. The van der Waals surface area contributed by atoms with Gasteiger partial charge in [0.25, 0.3) is 0 Å². The van der Waals surface area contributed by atoms with Crippen LogP contribution in [0.15, 0.2) is 36.8 Å². The molecule has 2 aromatic heterocycles. The molecular weight excluding hydrogens is 332 g/mol. The normalized spacial score (nSPS) is 17.7. The number of piperidine rings is 1. The summed E-state index contributed by atoms with van der Waals surface area (Å²) in [5.74, 6) is 2.41. The molecule has 1 N–H and O–H groups in total. The Morgan fingerprint density at radius 3 is 2.69 bits per heavy atom. The Bertz CT molecular complexity index is 947. The number of hydrogen-bond donors (Lipinski definition) is 1. The Kier molecular flexibility index (Phi) is 3.67. The third-order valence-electron chi connectivity index (χ3n) is 5.01. The summed E-state index contributed by atoms with van der Waals surface area (Å²) >= 11 is 0. The van der Waals surface area contributed by atoms with Gasteiger partial charge in [-0.1, -0.05) is 0 Å². The minimum absolute atomic E-state index is 0.209. The zero-order valence-electron chi connectivity index (χ0n) is 14.3. The van der Waals surface area contributed by atoms with Gasteiger partial charge in [0, 0.05) is 31.0 Å². The summed E-state index contributed by atoms with van der Waals surface area (Å²) in [7, 11) is 0. The molecule has 0 unspecified atom stereocenters. The molecule has 4 heterocycles.